The van der Waals surface area contributed by atoms with Crippen LogP contribution in [0.3, 0.4) is 0 Å². The monoisotopic (exact) mass is 364 g/mol. The average molecular weight is 364 g/mol. The van der Waals surface area contributed by atoms with Crippen LogP contribution < -0.4 is 5.73 Å². The molecule has 0 radical (unpaired) electrons. The smallest absolute Gasteiger partial charge is 0.365 e. The Labute approximate surface area is 143 Å². The van der Waals surface area contributed by atoms with Crippen LogP contribution in [0.4, 0.5) is 0 Å². The second-order valence-electron chi connectivity index (χ2n) is 7.92. The molecule has 0 aromatic heterocycles. The van der Waals surface area contributed by atoms with Crippen LogP contribution in [0.5, 0.6) is 0 Å². The zero-order chi connectivity index (χ0) is 18.9. The van der Waals surface area contributed by atoms with E-state index in [9.17, 15) is 18.0 Å². The molecule has 0 aliphatic carbocycles. The van der Waals surface area contributed by atoms with Crippen molar-refractivity contribution in [2.24, 2.45) is 16.6 Å². The van der Waals surface area contributed by atoms with Gasteiger partial charge in [-0.25, -0.2) is 4.31 Å². The van der Waals surface area contributed by atoms with Gasteiger partial charge in [0.1, 0.15) is 6.04 Å². The van der Waals surface area contributed by atoms with Crippen LogP contribution in [-0.2, 0) is 28.8 Å². The molecule has 24 heavy (non-hydrogen) atoms. The maximum atomic E-state index is 12.1. The molecule has 0 unspecified atom stereocenters. The third-order valence-corrected chi connectivity index (χ3v) is 5.27. The number of rotatable bonds is 7. The highest BCUT2D eigenvalue weighted by molar-refractivity contribution is 7.85. The van der Waals surface area contributed by atoms with Crippen molar-refractivity contribution in [2.45, 2.75) is 60.0 Å². The Morgan fingerprint density at radius 3 is 2.25 bits per heavy atom. The summed E-state index contributed by atoms with van der Waals surface area (Å²) in [7, 11) is -4.16. The van der Waals surface area contributed by atoms with Gasteiger partial charge in [0.25, 0.3) is 5.91 Å². The molecule has 1 aliphatic rings. The van der Waals surface area contributed by atoms with E-state index in [1.807, 2.05) is 0 Å². The summed E-state index contributed by atoms with van der Waals surface area (Å²) in [6, 6.07) is -1.42. The minimum Gasteiger partial charge on any atom is -0.465 e. The molecular formula is C15H28N2O6S. The molecule has 0 bridgehead atoms. The molecule has 1 fully saturated rings. The van der Waals surface area contributed by atoms with Crippen LogP contribution in [0.1, 0.15) is 48.0 Å². The quantitative estimate of drug-likeness (QED) is 0.525. The van der Waals surface area contributed by atoms with E-state index >= 15 is 0 Å². The first kappa shape index (κ1) is 20.9. The fourth-order valence-corrected chi connectivity index (χ4v) is 3.39. The lowest BCUT2D eigenvalue weighted by atomic mass is 9.91. The summed E-state index contributed by atoms with van der Waals surface area (Å²) in [5, 5.41) is 0. The highest BCUT2D eigenvalue weighted by atomic mass is 32.2. The van der Waals surface area contributed by atoms with Crippen LogP contribution >= 0.6 is 0 Å². The van der Waals surface area contributed by atoms with E-state index < -0.39 is 39.1 Å². The third kappa shape index (κ3) is 4.90. The molecule has 9 heteroatoms. The van der Waals surface area contributed by atoms with Gasteiger partial charge in [0.05, 0.1) is 24.7 Å². The normalized spacial score (nSPS) is 22.3. The molecule has 2 N–H and O–H groups in total. The molecule has 1 saturated heterocycles. The number of nitrogens with zero attached hydrogens (tertiary/aromatic N) is 1. The van der Waals surface area contributed by atoms with E-state index in [4.69, 9.17) is 14.7 Å². The fourth-order valence-electron chi connectivity index (χ4n) is 1.93. The van der Waals surface area contributed by atoms with Crippen molar-refractivity contribution in [1.82, 2.24) is 4.31 Å². The second kappa shape index (κ2) is 6.97. The molecule has 1 rings (SSSR count). The SMILES string of the molecule is C[C@H]1[C@H](N)C(=O)N1S(=O)(=O)OCC(C)(C)CCOC(=O)C(C)(C)C. The van der Waals surface area contributed by atoms with E-state index in [0.717, 1.165) is 0 Å². The molecule has 0 aromatic carbocycles. The highest BCUT2D eigenvalue weighted by Gasteiger charge is 2.49. The summed E-state index contributed by atoms with van der Waals surface area (Å²) < 4.78 is 35.0. The Bertz CT molecular complexity index is 594. The van der Waals surface area contributed by atoms with Gasteiger partial charge in [-0.3, -0.25) is 13.8 Å². The van der Waals surface area contributed by atoms with E-state index in [1.54, 1.807) is 41.5 Å². The molecular weight excluding hydrogens is 336 g/mol. The number of carbonyl (C=O) groups is 2. The first-order valence-corrected chi connectivity index (χ1v) is 9.21. The van der Waals surface area contributed by atoms with Crippen molar-refractivity contribution in [3.8, 4) is 0 Å². The Balaban J connectivity index is 2.50. The van der Waals surface area contributed by atoms with Gasteiger partial charge in [-0.1, -0.05) is 13.8 Å². The number of esters is 1. The highest BCUT2D eigenvalue weighted by Crippen LogP contribution is 2.27. The zero-order valence-corrected chi connectivity index (χ0v) is 16.0. The van der Waals surface area contributed by atoms with Crippen molar-refractivity contribution in [2.75, 3.05) is 13.2 Å². The maximum Gasteiger partial charge on any atom is 0.365 e. The van der Waals surface area contributed by atoms with Gasteiger partial charge in [0, 0.05) is 0 Å². The van der Waals surface area contributed by atoms with Crippen LogP contribution in [-0.4, -0.2) is 49.9 Å². The average Bonchev–Trinajstić information content (AvgIpc) is 2.44. The predicted molar refractivity (Wildman–Crippen MR) is 88.0 cm³/mol. The fraction of sp³-hybridized carbons (Fsp3) is 0.867. The molecule has 1 aliphatic heterocycles. The molecule has 1 amide bonds. The Kier molecular flexibility index (Phi) is 6.06. The van der Waals surface area contributed by atoms with E-state index in [1.165, 1.54) is 0 Å². The second-order valence-corrected chi connectivity index (χ2v) is 9.41. The Morgan fingerprint density at radius 1 is 1.25 bits per heavy atom. The predicted octanol–water partition coefficient (Wildman–Crippen LogP) is 0.811. The number of ether oxygens (including phenoxy) is 1. The Hall–Kier alpha value is -1.19. The Morgan fingerprint density at radius 2 is 1.79 bits per heavy atom. The maximum absolute atomic E-state index is 12.1. The summed E-state index contributed by atoms with van der Waals surface area (Å²) in [5.41, 5.74) is 4.37. The van der Waals surface area contributed by atoms with Crippen LogP contribution in [0.15, 0.2) is 0 Å². The summed E-state index contributed by atoms with van der Waals surface area (Å²) in [6.45, 7) is 10.4. The third-order valence-electron chi connectivity index (χ3n) is 3.86. The number of nitrogens with two attached hydrogens (primary N) is 1. The number of amides is 1. The number of hydrogen-bond acceptors (Lipinski definition) is 7. The number of β-lactam (4-membered cyclic amide) rings is 1. The molecule has 0 saturated carbocycles. The van der Waals surface area contributed by atoms with Crippen LogP contribution in [0.25, 0.3) is 0 Å². The van der Waals surface area contributed by atoms with Crippen LogP contribution in [0.2, 0.25) is 0 Å². The van der Waals surface area contributed by atoms with Gasteiger partial charge in [-0.05, 0) is 39.5 Å². The number of carbonyl (C=O) groups excluding carboxylic acids is 2. The molecule has 1 heterocycles. The van der Waals surface area contributed by atoms with Crippen molar-refractivity contribution < 1.29 is 26.9 Å². The first-order valence-electron chi connectivity index (χ1n) is 7.84. The zero-order valence-electron chi connectivity index (χ0n) is 15.2. The van der Waals surface area contributed by atoms with Crippen molar-refractivity contribution in [3.63, 3.8) is 0 Å². The standard InChI is InChI=1S/C15H28N2O6S/c1-10-11(16)12(18)17(10)24(20,21)23-9-15(5,6)7-8-22-13(19)14(2,3)4/h10-11H,7-9,16H2,1-6H3/t10-,11-/m0/s1. The molecule has 0 spiro atoms. The van der Waals surface area contributed by atoms with E-state index in [2.05, 4.69) is 0 Å². The molecule has 0 aromatic rings. The van der Waals surface area contributed by atoms with Crippen molar-refractivity contribution in [1.29, 1.82) is 0 Å². The lowest BCUT2D eigenvalue weighted by Crippen LogP contribution is -2.69. The first-order chi connectivity index (χ1) is 10.7. The van der Waals surface area contributed by atoms with Gasteiger partial charge in [0.2, 0.25) is 0 Å². The minimum absolute atomic E-state index is 0.131. The van der Waals surface area contributed by atoms with E-state index in [0.29, 0.717) is 10.7 Å². The number of hydrogen-bond donors (Lipinski definition) is 1. The van der Waals surface area contributed by atoms with Gasteiger partial charge >= 0.3 is 16.3 Å². The topological polar surface area (TPSA) is 116 Å². The molecule has 8 nitrogen and oxygen atoms in total. The summed E-state index contributed by atoms with van der Waals surface area (Å²) in [6.07, 6.45) is 0.424. The van der Waals surface area contributed by atoms with Crippen molar-refractivity contribution >= 4 is 22.2 Å². The van der Waals surface area contributed by atoms with Crippen molar-refractivity contribution in [3.05, 3.63) is 0 Å². The van der Waals surface area contributed by atoms with Gasteiger partial charge in [0.15, 0.2) is 0 Å². The summed E-state index contributed by atoms with van der Waals surface area (Å²) in [5.74, 6) is -0.986. The lowest BCUT2D eigenvalue weighted by molar-refractivity contribution is -0.153. The summed E-state index contributed by atoms with van der Waals surface area (Å²) >= 11 is 0. The van der Waals surface area contributed by atoms with Crippen LogP contribution in [0, 0.1) is 10.8 Å². The minimum atomic E-state index is -4.16. The molecule has 140 valence electrons. The van der Waals surface area contributed by atoms with Gasteiger partial charge in [-0.2, -0.15) is 8.42 Å². The van der Waals surface area contributed by atoms with Gasteiger partial charge in [-0.15, -0.1) is 0 Å². The molecule has 2 atom stereocenters. The lowest BCUT2D eigenvalue weighted by Gasteiger charge is -2.41. The largest absolute Gasteiger partial charge is 0.465 e. The summed E-state index contributed by atoms with van der Waals surface area (Å²) in [4.78, 5) is 23.3. The van der Waals surface area contributed by atoms with E-state index in [-0.39, 0.29) is 19.2 Å². The van der Waals surface area contributed by atoms with Gasteiger partial charge < -0.3 is 10.5 Å².